The highest BCUT2D eigenvalue weighted by Gasteiger charge is 2.14. The number of benzene rings is 3. The zero-order valence-corrected chi connectivity index (χ0v) is 19.7. The van der Waals surface area contributed by atoms with E-state index in [1.165, 1.54) is 58.4 Å². The summed E-state index contributed by atoms with van der Waals surface area (Å²) in [6.45, 7) is 6.55. The van der Waals surface area contributed by atoms with E-state index in [2.05, 4.69) is 75.4 Å². The van der Waals surface area contributed by atoms with Crippen LogP contribution in [-0.2, 0) is 0 Å². The van der Waals surface area contributed by atoms with Gasteiger partial charge in [0.2, 0.25) is 5.91 Å². The molecule has 3 rings (SSSR count). The third-order valence-corrected chi connectivity index (χ3v) is 7.20. The molecule has 0 spiro atoms. The molecule has 0 saturated heterocycles. The van der Waals surface area contributed by atoms with Crippen molar-refractivity contribution < 1.29 is 4.79 Å². The van der Waals surface area contributed by atoms with Crippen LogP contribution in [0.3, 0.4) is 0 Å². The lowest BCUT2D eigenvalue weighted by Crippen LogP contribution is -2.10. The van der Waals surface area contributed by atoms with Crippen molar-refractivity contribution in [1.29, 1.82) is 0 Å². The number of hydrogen-bond donors (Lipinski definition) is 1. The van der Waals surface area contributed by atoms with E-state index in [-0.39, 0.29) is 5.91 Å². The molecule has 0 aliphatic rings. The molecule has 0 aliphatic carbocycles. The van der Waals surface area contributed by atoms with Gasteiger partial charge in [-0.1, -0.05) is 75.1 Å². The van der Waals surface area contributed by atoms with E-state index in [1.807, 2.05) is 23.9 Å². The van der Waals surface area contributed by atoms with Crippen molar-refractivity contribution in [3.05, 3.63) is 89.0 Å². The molecule has 3 aromatic rings. The molecule has 162 valence electrons. The second kappa shape index (κ2) is 11.2. The number of rotatable bonds is 10. The highest BCUT2D eigenvalue weighted by Crippen LogP contribution is 2.40. The summed E-state index contributed by atoms with van der Waals surface area (Å²) >= 11 is 1.91. The van der Waals surface area contributed by atoms with Crippen LogP contribution in [0.2, 0.25) is 0 Å². The largest absolute Gasteiger partial charge is 0.366 e. The lowest BCUT2D eigenvalue weighted by molar-refractivity contribution is 0.100. The lowest BCUT2D eigenvalue weighted by Gasteiger charge is -2.18. The quantitative estimate of drug-likeness (QED) is 0.262. The Morgan fingerprint density at radius 2 is 1.52 bits per heavy atom. The van der Waals surface area contributed by atoms with Crippen molar-refractivity contribution in [3.8, 4) is 11.1 Å². The molecule has 1 amide bonds. The Hall–Kier alpha value is -2.52. The minimum Gasteiger partial charge on any atom is -0.366 e. The molecule has 0 saturated carbocycles. The number of amides is 1. The van der Waals surface area contributed by atoms with E-state index >= 15 is 0 Å². The number of nitrogens with two attached hydrogens (primary N) is 1. The molecule has 2 N–H and O–H groups in total. The van der Waals surface area contributed by atoms with Crippen LogP contribution in [0, 0.1) is 13.8 Å². The van der Waals surface area contributed by atoms with Gasteiger partial charge in [-0.25, -0.2) is 0 Å². The Kier molecular flexibility index (Phi) is 8.36. The van der Waals surface area contributed by atoms with E-state index in [1.54, 1.807) is 0 Å². The average molecular weight is 432 g/mol. The normalized spacial score (nSPS) is 12.0. The number of aryl methyl sites for hydroxylation is 2. The van der Waals surface area contributed by atoms with Crippen molar-refractivity contribution in [2.75, 3.05) is 0 Å². The van der Waals surface area contributed by atoms with Crippen LogP contribution in [0.5, 0.6) is 0 Å². The molecule has 1 atom stereocenters. The minimum absolute atomic E-state index is 0.367. The van der Waals surface area contributed by atoms with E-state index < -0.39 is 0 Å². The van der Waals surface area contributed by atoms with E-state index in [0.717, 1.165) is 6.42 Å². The van der Waals surface area contributed by atoms with Gasteiger partial charge in [-0.2, -0.15) is 0 Å². The predicted octanol–water partition coefficient (Wildman–Crippen LogP) is 7.87. The summed E-state index contributed by atoms with van der Waals surface area (Å²) in [6, 6.07) is 23.3. The van der Waals surface area contributed by atoms with Gasteiger partial charge >= 0.3 is 0 Å². The maximum Gasteiger partial charge on any atom is 0.248 e. The molecule has 0 aliphatic heterocycles. The van der Waals surface area contributed by atoms with E-state index in [0.29, 0.717) is 10.8 Å². The highest BCUT2D eigenvalue weighted by molar-refractivity contribution is 7.99. The monoisotopic (exact) mass is 431 g/mol. The second-order valence-corrected chi connectivity index (χ2v) is 9.54. The number of hydrogen-bond acceptors (Lipinski definition) is 2. The summed E-state index contributed by atoms with van der Waals surface area (Å²) in [7, 11) is 0. The van der Waals surface area contributed by atoms with Gasteiger partial charge in [0, 0.05) is 15.7 Å². The SMILES string of the molecule is CCCCCCC(Sc1ccc(-c2ccc(C)c(C)c2)cc1)c1ccc(C(N)=O)cc1. The Morgan fingerprint density at radius 1 is 0.839 bits per heavy atom. The van der Waals surface area contributed by atoms with Crippen LogP contribution in [0.1, 0.15) is 71.3 Å². The van der Waals surface area contributed by atoms with Crippen LogP contribution in [0.4, 0.5) is 0 Å². The molecule has 0 aromatic heterocycles. The van der Waals surface area contributed by atoms with E-state index in [4.69, 9.17) is 5.73 Å². The van der Waals surface area contributed by atoms with Crippen LogP contribution in [0.15, 0.2) is 71.6 Å². The third-order valence-electron chi connectivity index (χ3n) is 5.86. The first-order valence-corrected chi connectivity index (χ1v) is 12.1. The molecule has 2 nitrogen and oxygen atoms in total. The smallest absolute Gasteiger partial charge is 0.248 e. The maximum atomic E-state index is 11.4. The molecule has 0 heterocycles. The van der Waals surface area contributed by atoms with Gasteiger partial charge < -0.3 is 5.73 Å². The van der Waals surface area contributed by atoms with Crippen molar-refractivity contribution in [1.82, 2.24) is 0 Å². The van der Waals surface area contributed by atoms with Crippen LogP contribution in [0.25, 0.3) is 11.1 Å². The molecule has 31 heavy (non-hydrogen) atoms. The topological polar surface area (TPSA) is 43.1 Å². The Labute approximate surface area is 191 Å². The fourth-order valence-corrected chi connectivity index (χ4v) is 4.92. The van der Waals surface area contributed by atoms with Crippen LogP contribution < -0.4 is 5.73 Å². The molecular weight excluding hydrogens is 398 g/mol. The first kappa shape index (κ1) is 23.1. The van der Waals surface area contributed by atoms with Gasteiger partial charge in [0.05, 0.1) is 0 Å². The molecule has 0 radical (unpaired) electrons. The molecule has 3 aromatic carbocycles. The number of unbranched alkanes of at least 4 members (excludes halogenated alkanes) is 3. The predicted molar refractivity (Wildman–Crippen MR) is 134 cm³/mol. The number of carbonyl (C=O) groups excluding carboxylic acids is 1. The minimum atomic E-state index is -0.374. The fourth-order valence-electron chi connectivity index (χ4n) is 3.72. The number of primary amides is 1. The highest BCUT2D eigenvalue weighted by atomic mass is 32.2. The van der Waals surface area contributed by atoms with Gasteiger partial charge in [0.1, 0.15) is 0 Å². The molecule has 3 heteroatoms. The maximum absolute atomic E-state index is 11.4. The average Bonchev–Trinajstić information content (AvgIpc) is 2.78. The van der Waals surface area contributed by atoms with Gasteiger partial charge in [-0.3, -0.25) is 4.79 Å². The number of carbonyl (C=O) groups is 1. The Bertz CT molecular complexity index is 993. The van der Waals surface area contributed by atoms with Crippen molar-refractivity contribution in [2.45, 2.75) is 63.0 Å². The zero-order valence-electron chi connectivity index (χ0n) is 18.9. The molecule has 1 unspecified atom stereocenters. The second-order valence-electron chi connectivity index (χ2n) is 8.27. The Balaban J connectivity index is 1.76. The summed E-state index contributed by atoms with van der Waals surface area (Å²) in [5.41, 5.74) is 12.4. The van der Waals surface area contributed by atoms with Gasteiger partial charge in [0.15, 0.2) is 0 Å². The molecule has 0 bridgehead atoms. The first-order chi connectivity index (χ1) is 15.0. The van der Waals surface area contributed by atoms with Crippen LogP contribution in [-0.4, -0.2) is 5.91 Å². The van der Waals surface area contributed by atoms with Crippen LogP contribution >= 0.6 is 11.8 Å². The summed E-state index contributed by atoms with van der Waals surface area (Å²) < 4.78 is 0. The van der Waals surface area contributed by atoms with Crippen molar-refractivity contribution >= 4 is 17.7 Å². The molecular formula is C28H33NOS. The number of thioether (sulfide) groups is 1. The fraction of sp³-hybridized carbons (Fsp3) is 0.321. The molecule has 0 fully saturated rings. The van der Waals surface area contributed by atoms with Crippen molar-refractivity contribution in [3.63, 3.8) is 0 Å². The van der Waals surface area contributed by atoms with E-state index in [9.17, 15) is 4.79 Å². The summed E-state index contributed by atoms with van der Waals surface area (Å²) in [5.74, 6) is -0.374. The first-order valence-electron chi connectivity index (χ1n) is 11.2. The third kappa shape index (κ3) is 6.48. The summed E-state index contributed by atoms with van der Waals surface area (Å²) in [6.07, 6.45) is 6.12. The van der Waals surface area contributed by atoms with Gasteiger partial charge in [-0.15, -0.1) is 11.8 Å². The summed E-state index contributed by atoms with van der Waals surface area (Å²) in [4.78, 5) is 12.7. The zero-order chi connectivity index (χ0) is 22.2. The van der Waals surface area contributed by atoms with Gasteiger partial charge in [0.25, 0.3) is 0 Å². The van der Waals surface area contributed by atoms with Crippen molar-refractivity contribution in [2.24, 2.45) is 5.73 Å². The van der Waals surface area contributed by atoms with Gasteiger partial charge in [-0.05, 0) is 72.4 Å². The Morgan fingerprint density at radius 3 is 2.13 bits per heavy atom. The summed E-state index contributed by atoms with van der Waals surface area (Å²) in [5, 5.41) is 0.367. The lowest BCUT2D eigenvalue weighted by atomic mass is 10.0. The standard InChI is InChI=1S/C28H33NOS/c1-4-5-6-7-8-27(23-11-13-24(14-12-23)28(29)30)31-26-17-15-22(16-18-26)25-10-9-20(2)21(3)19-25/h9-19,27H,4-8H2,1-3H3,(H2,29,30).